The Kier molecular flexibility index (Phi) is 5.12. The molecule has 2 heterocycles. The van der Waals surface area contributed by atoms with Crippen molar-refractivity contribution in [2.75, 3.05) is 24.6 Å². The molecule has 21 heavy (non-hydrogen) atoms. The van der Waals surface area contributed by atoms with Crippen molar-refractivity contribution in [3.63, 3.8) is 0 Å². The van der Waals surface area contributed by atoms with Crippen molar-refractivity contribution >= 4 is 11.9 Å². The van der Waals surface area contributed by atoms with Crippen LogP contribution >= 0.6 is 0 Å². The molecule has 0 aliphatic carbocycles. The molecule has 1 atom stereocenters. The molecule has 0 aromatic carbocycles. The molecule has 116 valence electrons. The number of nitrogens with zero attached hydrogens (tertiary/aromatic N) is 3. The summed E-state index contributed by atoms with van der Waals surface area (Å²) < 4.78 is 4.99. The van der Waals surface area contributed by atoms with Gasteiger partial charge in [-0.1, -0.05) is 0 Å². The van der Waals surface area contributed by atoms with Crippen molar-refractivity contribution in [1.82, 2.24) is 9.97 Å². The number of esters is 1. The molecule has 0 amide bonds. The van der Waals surface area contributed by atoms with Crippen LogP contribution in [0.1, 0.15) is 42.7 Å². The van der Waals surface area contributed by atoms with Gasteiger partial charge in [0.15, 0.2) is 0 Å². The molecule has 0 saturated carbocycles. The highest BCUT2D eigenvalue weighted by Crippen LogP contribution is 2.23. The average molecular weight is 292 g/mol. The van der Waals surface area contributed by atoms with E-state index in [0.29, 0.717) is 29.7 Å². The number of piperidine rings is 1. The Bertz CT molecular complexity index is 496. The molecule has 1 saturated heterocycles. The Morgan fingerprint density at radius 1 is 1.52 bits per heavy atom. The summed E-state index contributed by atoms with van der Waals surface area (Å²) in [6.07, 6.45) is 3.67. The molecule has 1 unspecified atom stereocenters. The predicted octanol–water partition coefficient (Wildman–Crippen LogP) is 1.53. The molecule has 1 fully saturated rings. The Hall–Kier alpha value is -1.69. The molecule has 2 rings (SSSR count). The van der Waals surface area contributed by atoms with Gasteiger partial charge in [0.05, 0.1) is 17.9 Å². The van der Waals surface area contributed by atoms with Crippen molar-refractivity contribution in [3.8, 4) is 0 Å². The lowest BCUT2D eigenvalue weighted by atomic mass is 9.91. The fourth-order valence-electron chi connectivity index (χ4n) is 2.64. The van der Waals surface area contributed by atoms with Gasteiger partial charge in [0.1, 0.15) is 0 Å². The topological polar surface area (TPSA) is 81.3 Å². The molecule has 1 aromatic heterocycles. The predicted molar refractivity (Wildman–Crippen MR) is 81.3 cm³/mol. The lowest BCUT2D eigenvalue weighted by Crippen LogP contribution is -2.40. The third kappa shape index (κ3) is 3.69. The normalized spacial score (nSPS) is 17.6. The van der Waals surface area contributed by atoms with Gasteiger partial charge in [-0.15, -0.1) is 0 Å². The number of rotatable bonds is 4. The minimum absolute atomic E-state index is 0.237. The van der Waals surface area contributed by atoms with Crippen molar-refractivity contribution in [2.45, 2.75) is 39.7 Å². The van der Waals surface area contributed by atoms with Gasteiger partial charge < -0.3 is 15.4 Å². The Balaban J connectivity index is 2.06. The summed E-state index contributed by atoms with van der Waals surface area (Å²) >= 11 is 0. The zero-order chi connectivity index (χ0) is 15.4. The molecule has 0 radical (unpaired) electrons. The van der Waals surface area contributed by atoms with Crippen LogP contribution in [0.2, 0.25) is 0 Å². The molecule has 1 aliphatic rings. The molecule has 2 N–H and O–H groups in total. The third-order valence-corrected chi connectivity index (χ3v) is 4.03. The van der Waals surface area contributed by atoms with E-state index in [1.807, 2.05) is 6.92 Å². The SMILES string of the molecule is CCOC(=O)c1cnc(N2CCC(C(C)N)CC2)nc1C. The smallest absolute Gasteiger partial charge is 0.341 e. The summed E-state index contributed by atoms with van der Waals surface area (Å²) in [5.74, 6) is 0.891. The van der Waals surface area contributed by atoms with Crippen LogP contribution in [0.25, 0.3) is 0 Å². The minimum atomic E-state index is -0.364. The van der Waals surface area contributed by atoms with Crippen molar-refractivity contribution in [3.05, 3.63) is 17.5 Å². The van der Waals surface area contributed by atoms with Crippen molar-refractivity contribution in [2.24, 2.45) is 11.7 Å². The first-order valence-corrected chi connectivity index (χ1v) is 7.54. The zero-order valence-corrected chi connectivity index (χ0v) is 13.0. The summed E-state index contributed by atoms with van der Waals surface area (Å²) in [5, 5.41) is 0. The zero-order valence-electron chi connectivity index (χ0n) is 13.0. The van der Waals surface area contributed by atoms with Gasteiger partial charge in [0, 0.05) is 25.3 Å². The molecular weight excluding hydrogens is 268 g/mol. The van der Waals surface area contributed by atoms with E-state index in [2.05, 4.69) is 21.8 Å². The highest BCUT2D eigenvalue weighted by atomic mass is 16.5. The van der Waals surface area contributed by atoms with Gasteiger partial charge >= 0.3 is 5.97 Å². The lowest BCUT2D eigenvalue weighted by molar-refractivity contribution is 0.0524. The Labute approximate surface area is 125 Å². The number of aromatic nitrogens is 2. The second-order valence-electron chi connectivity index (χ2n) is 5.57. The summed E-state index contributed by atoms with van der Waals surface area (Å²) in [5.41, 5.74) is 7.05. The first-order chi connectivity index (χ1) is 10.0. The van der Waals surface area contributed by atoms with Gasteiger partial charge in [-0.2, -0.15) is 0 Å². The number of hydrogen-bond acceptors (Lipinski definition) is 6. The Morgan fingerprint density at radius 2 is 2.19 bits per heavy atom. The average Bonchev–Trinajstić information content (AvgIpc) is 2.47. The second kappa shape index (κ2) is 6.85. The van der Waals surface area contributed by atoms with E-state index in [9.17, 15) is 4.79 Å². The van der Waals surface area contributed by atoms with Crippen LogP contribution in [0, 0.1) is 12.8 Å². The van der Waals surface area contributed by atoms with E-state index in [-0.39, 0.29) is 12.0 Å². The fourth-order valence-corrected chi connectivity index (χ4v) is 2.64. The molecule has 0 bridgehead atoms. The highest BCUT2D eigenvalue weighted by molar-refractivity contribution is 5.90. The number of hydrogen-bond donors (Lipinski definition) is 1. The van der Waals surface area contributed by atoms with E-state index in [0.717, 1.165) is 25.9 Å². The van der Waals surface area contributed by atoms with Crippen LogP contribution in [-0.4, -0.2) is 41.7 Å². The van der Waals surface area contributed by atoms with Gasteiger partial charge in [-0.3, -0.25) is 0 Å². The second-order valence-corrected chi connectivity index (χ2v) is 5.57. The van der Waals surface area contributed by atoms with Crippen molar-refractivity contribution in [1.29, 1.82) is 0 Å². The number of carbonyl (C=O) groups is 1. The summed E-state index contributed by atoms with van der Waals surface area (Å²) in [4.78, 5) is 22.7. The number of nitrogens with two attached hydrogens (primary N) is 1. The summed E-state index contributed by atoms with van der Waals surface area (Å²) in [6, 6.07) is 0.237. The Morgan fingerprint density at radius 3 is 2.71 bits per heavy atom. The quantitative estimate of drug-likeness (QED) is 0.847. The van der Waals surface area contributed by atoms with Crippen LogP contribution < -0.4 is 10.6 Å². The van der Waals surface area contributed by atoms with E-state index < -0.39 is 0 Å². The maximum atomic E-state index is 11.7. The van der Waals surface area contributed by atoms with E-state index in [4.69, 9.17) is 10.5 Å². The van der Waals surface area contributed by atoms with Crippen LogP contribution in [0.4, 0.5) is 5.95 Å². The number of carbonyl (C=O) groups excluding carboxylic acids is 1. The van der Waals surface area contributed by atoms with Gasteiger partial charge in [0.25, 0.3) is 0 Å². The van der Waals surface area contributed by atoms with Gasteiger partial charge in [-0.25, -0.2) is 14.8 Å². The first-order valence-electron chi connectivity index (χ1n) is 7.54. The molecule has 1 aliphatic heterocycles. The third-order valence-electron chi connectivity index (χ3n) is 4.03. The highest BCUT2D eigenvalue weighted by Gasteiger charge is 2.24. The summed E-state index contributed by atoms with van der Waals surface area (Å²) in [7, 11) is 0. The van der Waals surface area contributed by atoms with Gasteiger partial charge in [0.2, 0.25) is 5.95 Å². The van der Waals surface area contributed by atoms with Crippen LogP contribution in [0.5, 0.6) is 0 Å². The lowest BCUT2D eigenvalue weighted by Gasteiger charge is -2.33. The maximum absolute atomic E-state index is 11.7. The maximum Gasteiger partial charge on any atom is 0.341 e. The number of ether oxygens (including phenoxy) is 1. The summed E-state index contributed by atoms with van der Waals surface area (Å²) in [6.45, 7) is 7.83. The molecule has 6 heteroatoms. The van der Waals surface area contributed by atoms with Crippen LogP contribution in [0.3, 0.4) is 0 Å². The van der Waals surface area contributed by atoms with Crippen molar-refractivity contribution < 1.29 is 9.53 Å². The van der Waals surface area contributed by atoms with Crippen LogP contribution in [0.15, 0.2) is 6.20 Å². The molecule has 1 aromatic rings. The van der Waals surface area contributed by atoms with Gasteiger partial charge in [-0.05, 0) is 39.5 Å². The molecule has 0 spiro atoms. The van der Waals surface area contributed by atoms with E-state index in [1.54, 1.807) is 13.1 Å². The standard InChI is InChI=1S/C15H24N4O2/c1-4-21-14(20)13-9-17-15(18-11(13)3)19-7-5-12(6-8-19)10(2)16/h9-10,12H,4-8,16H2,1-3H3. The fraction of sp³-hybridized carbons (Fsp3) is 0.667. The van der Waals surface area contributed by atoms with E-state index >= 15 is 0 Å². The van der Waals surface area contributed by atoms with E-state index in [1.165, 1.54) is 0 Å². The molecular formula is C15H24N4O2. The first kappa shape index (κ1) is 15.7. The largest absolute Gasteiger partial charge is 0.462 e. The minimum Gasteiger partial charge on any atom is -0.462 e. The van der Waals surface area contributed by atoms with Crippen LogP contribution in [-0.2, 0) is 4.74 Å². The molecule has 6 nitrogen and oxygen atoms in total. The number of anilines is 1. The monoisotopic (exact) mass is 292 g/mol. The number of aryl methyl sites for hydroxylation is 1.